The molecule has 1 aromatic carbocycles. The van der Waals surface area contributed by atoms with Crippen LogP contribution in [0.5, 0.6) is 0 Å². The molecule has 0 heterocycles. The Balaban J connectivity index is 2.06. The summed E-state index contributed by atoms with van der Waals surface area (Å²) >= 11 is 0. The van der Waals surface area contributed by atoms with Gasteiger partial charge in [-0.15, -0.1) is 0 Å². The van der Waals surface area contributed by atoms with Gasteiger partial charge in [0.1, 0.15) is 6.10 Å². The minimum absolute atomic E-state index is 0.0147. The van der Waals surface area contributed by atoms with Crippen LogP contribution in [0.25, 0.3) is 0 Å². The summed E-state index contributed by atoms with van der Waals surface area (Å²) in [7, 11) is 0. The van der Waals surface area contributed by atoms with Gasteiger partial charge in [-0.05, 0) is 31.2 Å². The van der Waals surface area contributed by atoms with Crippen LogP contribution in [0.4, 0.5) is 0 Å². The van der Waals surface area contributed by atoms with Gasteiger partial charge in [0, 0.05) is 0 Å². The molecule has 1 aromatic rings. The number of carbonyl (C=O) groups is 2. The smallest absolute Gasteiger partial charge is 0.310 e. The second-order valence-corrected chi connectivity index (χ2v) is 5.87. The van der Waals surface area contributed by atoms with Crippen molar-refractivity contribution in [2.24, 2.45) is 17.8 Å². The van der Waals surface area contributed by atoms with Crippen molar-refractivity contribution in [3.8, 4) is 0 Å². The molecule has 2 rings (SSSR count). The van der Waals surface area contributed by atoms with E-state index in [1.807, 2.05) is 44.2 Å². The van der Waals surface area contributed by atoms with Crippen molar-refractivity contribution in [1.29, 1.82) is 0 Å². The van der Waals surface area contributed by atoms with Crippen molar-refractivity contribution in [3.05, 3.63) is 35.9 Å². The van der Waals surface area contributed by atoms with Crippen LogP contribution in [0.15, 0.2) is 30.3 Å². The first kappa shape index (κ1) is 15.5. The van der Waals surface area contributed by atoms with Gasteiger partial charge in [0.2, 0.25) is 0 Å². The normalized spacial score (nSPS) is 26.9. The minimum atomic E-state index is -0.892. The van der Waals surface area contributed by atoms with Crippen molar-refractivity contribution in [2.45, 2.75) is 39.2 Å². The molecule has 1 aliphatic rings. The van der Waals surface area contributed by atoms with Gasteiger partial charge in [-0.25, -0.2) is 0 Å². The standard InChI is InChI=1S/C17H22O4/c1-11-7-6-10-14(15(11)16(18)19)17(20)21-12(2)13-8-4-3-5-9-13/h3-5,8-9,11-12,14-15H,6-7,10H2,1-2H3,(H,18,19). The molecule has 0 aliphatic heterocycles. The van der Waals surface area contributed by atoms with E-state index >= 15 is 0 Å². The monoisotopic (exact) mass is 290 g/mol. The van der Waals surface area contributed by atoms with E-state index in [2.05, 4.69) is 0 Å². The second kappa shape index (κ2) is 6.74. The Bertz CT molecular complexity index is 497. The number of carboxylic acids is 1. The predicted molar refractivity (Wildman–Crippen MR) is 78.6 cm³/mol. The highest BCUT2D eigenvalue weighted by molar-refractivity contribution is 5.81. The third-order valence-electron chi connectivity index (χ3n) is 4.37. The highest BCUT2D eigenvalue weighted by atomic mass is 16.5. The maximum Gasteiger partial charge on any atom is 0.310 e. The largest absolute Gasteiger partial charge is 0.481 e. The number of hydrogen-bond acceptors (Lipinski definition) is 3. The number of ether oxygens (including phenoxy) is 1. The summed E-state index contributed by atoms with van der Waals surface area (Å²) in [6.07, 6.45) is 1.98. The van der Waals surface area contributed by atoms with Crippen LogP contribution in [0, 0.1) is 17.8 Å². The fraction of sp³-hybridized carbons (Fsp3) is 0.529. The van der Waals surface area contributed by atoms with Crippen LogP contribution in [0.1, 0.15) is 44.8 Å². The highest BCUT2D eigenvalue weighted by Crippen LogP contribution is 2.36. The summed E-state index contributed by atoms with van der Waals surface area (Å²) in [5.41, 5.74) is 0.918. The van der Waals surface area contributed by atoms with E-state index in [4.69, 9.17) is 4.74 Å². The average Bonchev–Trinajstić information content (AvgIpc) is 2.47. The van der Waals surface area contributed by atoms with Crippen LogP contribution in [0.2, 0.25) is 0 Å². The predicted octanol–water partition coefficient (Wildman–Crippen LogP) is 3.43. The fourth-order valence-corrected chi connectivity index (χ4v) is 3.15. The van der Waals surface area contributed by atoms with Crippen LogP contribution < -0.4 is 0 Å². The molecule has 1 aliphatic carbocycles. The van der Waals surface area contributed by atoms with Gasteiger partial charge in [0.25, 0.3) is 0 Å². The van der Waals surface area contributed by atoms with Crippen molar-refractivity contribution >= 4 is 11.9 Å². The number of hydrogen-bond donors (Lipinski definition) is 1. The Morgan fingerprint density at radius 1 is 1.24 bits per heavy atom. The molecule has 1 N–H and O–H groups in total. The van der Waals surface area contributed by atoms with Gasteiger partial charge in [0.05, 0.1) is 11.8 Å². The molecular weight excluding hydrogens is 268 g/mol. The number of aliphatic carboxylic acids is 1. The molecule has 0 amide bonds. The number of rotatable bonds is 4. The lowest BCUT2D eigenvalue weighted by atomic mass is 9.73. The van der Waals surface area contributed by atoms with E-state index in [1.54, 1.807) is 0 Å². The summed E-state index contributed by atoms with van der Waals surface area (Å²) < 4.78 is 5.50. The van der Waals surface area contributed by atoms with E-state index < -0.39 is 17.8 Å². The minimum Gasteiger partial charge on any atom is -0.481 e. The summed E-state index contributed by atoms with van der Waals surface area (Å²) in [6.45, 7) is 3.72. The molecular formula is C17H22O4. The molecule has 0 aromatic heterocycles. The molecule has 0 radical (unpaired) electrons. The van der Waals surface area contributed by atoms with Gasteiger partial charge >= 0.3 is 11.9 Å². The maximum absolute atomic E-state index is 12.4. The first-order valence-corrected chi connectivity index (χ1v) is 7.49. The topological polar surface area (TPSA) is 63.6 Å². The lowest BCUT2D eigenvalue weighted by Gasteiger charge is -2.32. The average molecular weight is 290 g/mol. The summed E-state index contributed by atoms with van der Waals surface area (Å²) in [5, 5.41) is 9.37. The van der Waals surface area contributed by atoms with Crippen LogP contribution in [-0.2, 0) is 14.3 Å². The van der Waals surface area contributed by atoms with Crippen LogP contribution in [-0.4, -0.2) is 17.0 Å². The molecule has 0 bridgehead atoms. The second-order valence-electron chi connectivity index (χ2n) is 5.87. The van der Waals surface area contributed by atoms with Gasteiger partial charge in [0.15, 0.2) is 0 Å². The van der Waals surface area contributed by atoms with Crippen molar-refractivity contribution < 1.29 is 19.4 Å². The number of esters is 1. The zero-order valence-electron chi connectivity index (χ0n) is 12.5. The van der Waals surface area contributed by atoms with Crippen LogP contribution in [0.3, 0.4) is 0 Å². The first-order chi connectivity index (χ1) is 10.0. The Kier molecular flexibility index (Phi) is 4.99. The van der Waals surface area contributed by atoms with E-state index in [0.717, 1.165) is 18.4 Å². The Labute approximate surface area is 125 Å². The summed E-state index contributed by atoms with van der Waals surface area (Å²) in [4.78, 5) is 23.8. The third-order valence-corrected chi connectivity index (χ3v) is 4.37. The lowest BCUT2D eigenvalue weighted by Crippen LogP contribution is -2.38. The van der Waals surface area contributed by atoms with Crippen molar-refractivity contribution in [1.82, 2.24) is 0 Å². The van der Waals surface area contributed by atoms with Crippen molar-refractivity contribution in [3.63, 3.8) is 0 Å². The highest BCUT2D eigenvalue weighted by Gasteiger charge is 2.41. The van der Waals surface area contributed by atoms with E-state index in [0.29, 0.717) is 6.42 Å². The Hall–Kier alpha value is -1.84. The molecule has 114 valence electrons. The molecule has 4 heteroatoms. The fourth-order valence-electron chi connectivity index (χ4n) is 3.15. The number of carboxylic acid groups (broad SMARTS) is 1. The van der Waals surface area contributed by atoms with Gasteiger partial charge < -0.3 is 9.84 Å². The summed E-state index contributed by atoms with van der Waals surface area (Å²) in [5.74, 6) is -2.42. The van der Waals surface area contributed by atoms with Gasteiger partial charge in [-0.3, -0.25) is 9.59 Å². The quantitative estimate of drug-likeness (QED) is 0.863. The Morgan fingerprint density at radius 3 is 2.52 bits per heavy atom. The summed E-state index contributed by atoms with van der Waals surface area (Å²) in [6, 6.07) is 9.48. The number of carbonyl (C=O) groups excluding carboxylic acids is 1. The van der Waals surface area contributed by atoms with Crippen molar-refractivity contribution in [2.75, 3.05) is 0 Å². The molecule has 21 heavy (non-hydrogen) atoms. The molecule has 0 spiro atoms. The molecule has 0 saturated heterocycles. The number of benzene rings is 1. The van der Waals surface area contributed by atoms with E-state index in [9.17, 15) is 14.7 Å². The third kappa shape index (κ3) is 3.63. The molecule has 1 saturated carbocycles. The van der Waals surface area contributed by atoms with Gasteiger partial charge in [-0.2, -0.15) is 0 Å². The molecule has 4 nitrogen and oxygen atoms in total. The molecule has 1 fully saturated rings. The van der Waals surface area contributed by atoms with E-state index in [1.165, 1.54) is 0 Å². The lowest BCUT2D eigenvalue weighted by molar-refractivity contribution is -0.165. The Morgan fingerprint density at radius 2 is 1.90 bits per heavy atom. The van der Waals surface area contributed by atoms with Gasteiger partial charge in [-0.1, -0.05) is 43.7 Å². The molecule has 4 atom stereocenters. The van der Waals surface area contributed by atoms with E-state index in [-0.39, 0.29) is 18.0 Å². The zero-order valence-corrected chi connectivity index (χ0v) is 12.5. The SMILES string of the molecule is CC(OC(=O)C1CCCC(C)C1C(=O)O)c1ccccc1. The molecule has 4 unspecified atom stereocenters. The van der Waals surface area contributed by atoms with Crippen LogP contribution >= 0.6 is 0 Å². The zero-order chi connectivity index (χ0) is 15.4. The first-order valence-electron chi connectivity index (χ1n) is 7.49. The maximum atomic E-state index is 12.4.